The summed E-state index contributed by atoms with van der Waals surface area (Å²) in [5.74, 6) is -0.341. The SMILES string of the molecule is CCCCCCCCCCCCC/C=C/[C@@H](O)[C@H](CO[C@@H]1OC(COS(=O)(=O)O)[C@H](O)[C@H](OS(=O)(=O)O)C1O)NC(=O)CCCCCCCCCCC. The minimum absolute atomic E-state index is 0.204. The maximum Gasteiger partial charge on any atom is 0.397 e. The molecule has 0 aromatic carbocycles. The molecule has 2 unspecified atom stereocenters. The lowest BCUT2D eigenvalue weighted by molar-refractivity contribution is -0.297. The molecule has 1 saturated heterocycles. The molecule has 0 aliphatic carbocycles. The average Bonchev–Trinajstić information content (AvgIpc) is 3.09. The van der Waals surface area contributed by atoms with Crippen molar-refractivity contribution in [2.45, 2.75) is 198 Å². The Bertz CT molecular complexity index is 1190. The Balaban J connectivity index is 2.81. The van der Waals surface area contributed by atoms with Gasteiger partial charge in [-0.25, -0.2) is 8.37 Å². The van der Waals surface area contributed by atoms with E-state index in [0.29, 0.717) is 12.8 Å². The van der Waals surface area contributed by atoms with Gasteiger partial charge in [0.1, 0.15) is 24.4 Å². The van der Waals surface area contributed by atoms with Crippen LogP contribution in [0, 0.1) is 0 Å². The van der Waals surface area contributed by atoms with Crippen molar-refractivity contribution in [3.8, 4) is 0 Å². The molecule has 1 amide bonds. The van der Waals surface area contributed by atoms with E-state index in [9.17, 15) is 41.5 Å². The summed E-state index contributed by atoms with van der Waals surface area (Å²) in [4.78, 5) is 12.9. The molecular formula is C36H69NO14S2. The molecule has 1 heterocycles. The summed E-state index contributed by atoms with van der Waals surface area (Å²) in [5, 5.41) is 35.0. The molecule has 0 aromatic heterocycles. The van der Waals surface area contributed by atoms with Gasteiger partial charge in [-0.1, -0.05) is 142 Å². The van der Waals surface area contributed by atoms with Crippen LogP contribution in [0.1, 0.15) is 155 Å². The van der Waals surface area contributed by atoms with Crippen LogP contribution in [0.15, 0.2) is 12.2 Å². The average molecular weight is 804 g/mol. The van der Waals surface area contributed by atoms with Crippen LogP contribution in [0.3, 0.4) is 0 Å². The standard InChI is InChI=1S/C36H69NO14S2/c1-3-5-7-9-11-13-14-15-16-18-19-21-23-25-30(38)29(37-32(39)26-24-22-20-17-12-10-8-6-4-2)27-48-36-34(41)35(51-53(45,46)47)33(40)31(50-36)28-49-52(42,43)44/h23,25,29-31,33-36,38,40-41H,3-22,24,26-28H2,1-2H3,(H,37,39)(H,42,43,44)(H,45,46,47)/b25-23+/t29-,30+,31?,33-,34?,35-,36+/m0/s1. The molecule has 1 fully saturated rings. The third-order valence-corrected chi connectivity index (χ3v) is 10.2. The van der Waals surface area contributed by atoms with Gasteiger partial charge in [-0.15, -0.1) is 0 Å². The van der Waals surface area contributed by atoms with Gasteiger partial charge in [0.15, 0.2) is 6.29 Å². The summed E-state index contributed by atoms with van der Waals surface area (Å²) in [7, 11) is -10.2. The minimum Gasteiger partial charge on any atom is -0.387 e. The van der Waals surface area contributed by atoms with Crippen LogP contribution in [-0.4, -0.2) is 103 Å². The molecule has 314 valence electrons. The second-order valence-corrected chi connectivity index (χ2v) is 16.2. The van der Waals surface area contributed by atoms with E-state index < -0.39 is 76.9 Å². The first-order chi connectivity index (χ1) is 25.2. The lowest BCUT2D eigenvalue weighted by Crippen LogP contribution is -2.61. The number of ether oxygens (including phenoxy) is 2. The molecule has 53 heavy (non-hydrogen) atoms. The normalized spacial score (nSPS) is 22.3. The van der Waals surface area contributed by atoms with Crippen LogP contribution >= 0.6 is 0 Å². The van der Waals surface area contributed by atoms with Crippen molar-refractivity contribution in [1.82, 2.24) is 5.32 Å². The van der Waals surface area contributed by atoms with Crippen LogP contribution in [0.25, 0.3) is 0 Å². The van der Waals surface area contributed by atoms with Crippen molar-refractivity contribution in [2.24, 2.45) is 0 Å². The molecule has 7 atom stereocenters. The molecule has 0 saturated carbocycles. The van der Waals surface area contributed by atoms with E-state index in [1.54, 1.807) is 0 Å². The van der Waals surface area contributed by atoms with Crippen molar-refractivity contribution < 1.29 is 63.9 Å². The number of rotatable bonds is 33. The number of carbonyl (C=O) groups excluding carboxylic acids is 1. The van der Waals surface area contributed by atoms with Gasteiger partial charge in [-0.3, -0.25) is 13.9 Å². The molecule has 1 aliphatic rings. The summed E-state index contributed by atoms with van der Waals surface area (Å²) in [6.07, 6.45) is 16.2. The van der Waals surface area contributed by atoms with Crippen LogP contribution < -0.4 is 5.32 Å². The Kier molecular flexibility index (Phi) is 27.3. The van der Waals surface area contributed by atoms with Gasteiger partial charge in [0.05, 0.1) is 25.4 Å². The number of carbonyl (C=O) groups is 1. The third-order valence-electron chi connectivity index (χ3n) is 9.27. The second-order valence-electron chi connectivity index (χ2n) is 14.1. The Morgan fingerprint density at radius 2 is 1.23 bits per heavy atom. The zero-order valence-corrected chi connectivity index (χ0v) is 33.5. The van der Waals surface area contributed by atoms with E-state index in [-0.39, 0.29) is 12.3 Å². The van der Waals surface area contributed by atoms with E-state index in [1.807, 2.05) is 6.08 Å². The van der Waals surface area contributed by atoms with Gasteiger partial charge < -0.3 is 30.1 Å². The van der Waals surface area contributed by atoms with Gasteiger partial charge in [-0.2, -0.15) is 16.8 Å². The van der Waals surface area contributed by atoms with Crippen LogP contribution in [-0.2, 0) is 43.4 Å². The maximum absolute atomic E-state index is 12.9. The molecule has 1 rings (SSSR count). The van der Waals surface area contributed by atoms with E-state index in [0.717, 1.165) is 44.9 Å². The Labute approximate surface area is 318 Å². The van der Waals surface area contributed by atoms with Gasteiger partial charge in [0.2, 0.25) is 5.91 Å². The summed E-state index contributed by atoms with van der Waals surface area (Å²) in [6, 6.07) is -1.05. The Hall–Kier alpha value is -1.25. The molecule has 1 aliphatic heterocycles. The highest BCUT2D eigenvalue weighted by atomic mass is 32.3. The van der Waals surface area contributed by atoms with Crippen LogP contribution in [0.2, 0.25) is 0 Å². The minimum atomic E-state index is -5.23. The van der Waals surface area contributed by atoms with Gasteiger partial charge >= 0.3 is 20.8 Å². The molecule has 17 heteroatoms. The highest BCUT2D eigenvalue weighted by Crippen LogP contribution is 2.26. The zero-order valence-electron chi connectivity index (χ0n) is 31.9. The lowest BCUT2D eigenvalue weighted by Gasteiger charge is -2.41. The predicted molar refractivity (Wildman–Crippen MR) is 201 cm³/mol. The number of aliphatic hydroxyl groups is 3. The predicted octanol–water partition coefficient (Wildman–Crippen LogP) is 5.48. The third kappa shape index (κ3) is 25.5. The first-order valence-corrected chi connectivity index (χ1v) is 22.5. The van der Waals surface area contributed by atoms with Gasteiger partial charge in [0.25, 0.3) is 0 Å². The summed E-state index contributed by atoms with van der Waals surface area (Å²) in [6.45, 7) is 2.87. The number of amides is 1. The number of unbranched alkanes of at least 4 members (excludes halogenated alkanes) is 19. The first kappa shape index (κ1) is 49.8. The summed E-state index contributed by atoms with van der Waals surface area (Å²) in [5.41, 5.74) is 0. The molecule has 0 spiro atoms. The lowest BCUT2D eigenvalue weighted by atomic mass is 9.99. The number of hydrogen-bond donors (Lipinski definition) is 6. The van der Waals surface area contributed by atoms with Crippen molar-refractivity contribution in [1.29, 1.82) is 0 Å². The van der Waals surface area contributed by atoms with Crippen molar-refractivity contribution in [3.63, 3.8) is 0 Å². The molecule has 6 N–H and O–H groups in total. The van der Waals surface area contributed by atoms with E-state index >= 15 is 0 Å². The first-order valence-electron chi connectivity index (χ1n) is 19.7. The number of aliphatic hydroxyl groups excluding tert-OH is 3. The van der Waals surface area contributed by atoms with Crippen LogP contribution in [0.5, 0.6) is 0 Å². The zero-order chi connectivity index (χ0) is 39.5. The van der Waals surface area contributed by atoms with Crippen molar-refractivity contribution in [2.75, 3.05) is 13.2 Å². The van der Waals surface area contributed by atoms with Crippen molar-refractivity contribution >= 4 is 26.7 Å². The summed E-state index contributed by atoms with van der Waals surface area (Å²) >= 11 is 0. The number of hydrogen-bond acceptors (Lipinski definition) is 12. The highest BCUT2D eigenvalue weighted by Gasteiger charge is 2.48. The van der Waals surface area contributed by atoms with E-state index in [4.69, 9.17) is 14.0 Å². The monoisotopic (exact) mass is 803 g/mol. The molecule has 15 nitrogen and oxygen atoms in total. The molecule has 0 aromatic rings. The Morgan fingerprint density at radius 1 is 0.736 bits per heavy atom. The van der Waals surface area contributed by atoms with Gasteiger partial charge in [-0.05, 0) is 19.3 Å². The van der Waals surface area contributed by atoms with Crippen LogP contribution in [0.4, 0.5) is 0 Å². The fourth-order valence-corrected chi connectivity index (χ4v) is 6.99. The fourth-order valence-electron chi connectivity index (χ4n) is 6.18. The highest BCUT2D eigenvalue weighted by molar-refractivity contribution is 7.81. The topological polar surface area (TPSA) is 235 Å². The smallest absolute Gasteiger partial charge is 0.387 e. The van der Waals surface area contributed by atoms with E-state index in [1.165, 1.54) is 83.1 Å². The summed E-state index contributed by atoms with van der Waals surface area (Å²) < 4.78 is 83.0. The molecule has 0 bridgehead atoms. The van der Waals surface area contributed by atoms with Gasteiger partial charge in [0, 0.05) is 6.42 Å². The maximum atomic E-state index is 12.9. The van der Waals surface area contributed by atoms with E-state index in [2.05, 4.69) is 27.5 Å². The number of nitrogens with one attached hydrogen (secondary N) is 1. The van der Waals surface area contributed by atoms with Crippen molar-refractivity contribution in [3.05, 3.63) is 12.2 Å². The quantitative estimate of drug-likeness (QED) is 0.0274. The largest absolute Gasteiger partial charge is 0.397 e. The second kappa shape index (κ2) is 29.1. The number of allylic oxidation sites excluding steroid dienone is 1. The molecular weight excluding hydrogens is 735 g/mol. The molecule has 0 radical (unpaired) electrons. The fraction of sp³-hybridized carbons (Fsp3) is 0.917. The Morgan fingerprint density at radius 3 is 1.72 bits per heavy atom.